The van der Waals surface area contributed by atoms with Crippen LogP contribution >= 0.6 is 0 Å². The first-order valence-corrected chi connectivity index (χ1v) is 7.87. The lowest BCUT2D eigenvalue weighted by Crippen LogP contribution is -2.62. The standard InChI is InChI=1S/C17H26N2O2/c1-17-8-3-9-19(17)11-15(12-20)18(13-17)10-14-4-6-16(21-2)7-5-14/h4-7,15,20H,3,8-13H2,1-2H3. The third-order valence-corrected chi connectivity index (χ3v) is 5.15. The minimum atomic E-state index is 0.239. The molecule has 0 radical (unpaired) electrons. The lowest BCUT2D eigenvalue weighted by Gasteiger charge is -2.49. The van der Waals surface area contributed by atoms with Gasteiger partial charge in [0.25, 0.3) is 0 Å². The third-order valence-electron chi connectivity index (χ3n) is 5.15. The molecular weight excluding hydrogens is 264 g/mol. The van der Waals surface area contributed by atoms with Crippen LogP contribution in [-0.2, 0) is 6.54 Å². The molecule has 2 atom stereocenters. The monoisotopic (exact) mass is 290 g/mol. The number of rotatable bonds is 4. The van der Waals surface area contributed by atoms with Gasteiger partial charge in [-0.05, 0) is 44.0 Å². The second-order valence-electron chi connectivity index (χ2n) is 6.64. The van der Waals surface area contributed by atoms with Gasteiger partial charge in [-0.1, -0.05) is 12.1 Å². The quantitative estimate of drug-likeness (QED) is 0.916. The van der Waals surface area contributed by atoms with E-state index < -0.39 is 0 Å². The van der Waals surface area contributed by atoms with Crippen molar-refractivity contribution in [2.24, 2.45) is 0 Å². The number of benzene rings is 1. The van der Waals surface area contributed by atoms with Crippen molar-refractivity contribution < 1.29 is 9.84 Å². The summed E-state index contributed by atoms with van der Waals surface area (Å²) in [5.41, 5.74) is 1.57. The summed E-state index contributed by atoms with van der Waals surface area (Å²) in [5.74, 6) is 0.894. The number of aliphatic hydroxyl groups is 1. The number of methoxy groups -OCH3 is 1. The Bertz CT molecular complexity index is 476. The van der Waals surface area contributed by atoms with E-state index in [-0.39, 0.29) is 18.2 Å². The number of fused-ring (bicyclic) bond motifs is 1. The summed E-state index contributed by atoms with van der Waals surface area (Å²) in [5, 5.41) is 9.74. The number of piperazine rings is 1. The average Bonchev–Trinajstić information content (AvgIpc) is 2.87. The van der Waals surface area contributed by atoms with E-state index in [0.29, 0.717) is 0 Å². The maximum Gasteiger partial charge on any atom is 0.118 e. The Kier molecular flexibility index (Phi) is 4.20. The Labute approximate surface area is 127 Å². The fraction of sp³-hybridized carbons (Fsp3) is 0.647. The molecule has 1 aromatic carbocycles. The molecule has 1 aromatic rings. The topological polar surface area (TPSA) is 35.9 Å². The molecule has 2 aliphatic heterocycles. The maximum absolute atomic E-state index is 9.74. The molecule has 0 spiro atoms. The van der Waals surface area contributed by atoms with E-state index in [1.54, 1.807) is 7.11 Å². The molecule has 2 fully saturated rings. The van der Waals surface area contributed by atoms with Crippen LogP contribution in [0, 0.1) is 0 Å². The highest BCUT2D eigenvalue weighted by molar-refractivity contribution is 5.27. The Morgan fingerprint density at radius 2 is 2.10 bits per heavy atom. The molecule has 3 rings (SSSR count). The summed E-state index contributed by atoms with van der Waals surface area (Å²) in [6.07, 6.45) is 2.55. The summed E-state index contributed by atoms with van der Waals surface area (Å²) in [4.78, 5) is 5.02. The summed E-state index contributed by atoms with van der Waals surface area (Å²) in [7, 11) is 1.69. The highest BCUT2D eigenvalue weighted by Crippen LogP contribution is 2.34. The van der Waals surface area contributed by atoms with Crippen molar-refractivity contribution >= 4 is 0 Å². The zero-order valence-electron chi connectivity index (χ0n) is 13.1. The van der Waals surface area contributed by atoms with Gasteiger partial charge >= 0.3 is 0 Å². The van der Waals surface area contributed by atoms with Crippen LogP contribution in [0.3, 0.4) is 0 Å². The lowest BCUT2D eigenvalue weighted by molar-refractivity contribution is -0.0248. The molecule has 4 heteroatoms. The Balaban J connectivity index is 1.72. The van der Waals surface area contributed by atoms with Crippen LogP contribution in [0.5, 0.6) is 5.75 Å². The van der Waals surface area contributed by atoms with Gasteiger partial charge in [0, 0.05) is 31.2 Å². The van der Waals surface area contributed by atoms with E-state index in [9.17, 15) is 5.11 Å². The first-order chi connectivity index (χ1) is 10.1. The predicted octanol–water partition coefficient (Wildman–Crippen LogP) is 1.73. The molecule has 21 heavy (non-hydrogen) atoms. The van der Waals surface area contributed by atoms with E-state index in [1.165, 1.54) is 24.9 Å². The molecular formula is C17H26N2O2. The molecule has 1 N–H and O–H groups in total. The van der Waals surface area contributed by atoms with Crippen LogP contribution in [0.2, 0.25) is 0 Å². The van der Waals surface area contributed by atoms with Crippen LogP contribution in [-0.4, -0.2) is 59.8 Å². The molecule has 0 aliphatic carbocycles. The van der Waals surface area contributed by atoms with Crippen LogP contribution in [0.1, 0.15) is 25.3 Å². The highest BCUT2D eigenvalue weighted by atomic mass is 16.5. The fourth-order valence-electron chi connectivity index (χ4n) is 3.83. The molecule has 116 valence electrons. The molecule has 0 amide bonds. The van der Waals surface area contributed by atoms with E-state index in [4.69, 9.17) is 4.74 Å². The van der Waals surface area contributed by atoms with Gasteiger partial charge in [-0.15, -0.1) is 0 Å². The van der Waals surface area contributed by atoms with Gasteiger partial charge < -0.3 is 9.84 Å². The fourth-order valence-corrected chi connectivity index (χ4v) is 3.83. The van der Waals surface area contributed by atoms with Crippen molar-refractivity contribution in [2.45, 2.75) is 37.9 Å². The summed E-state index contributed by atoms with van der Waals surface area (Å²) in [6.45, 7) is 6.73. The number of nitrogens with zero attached hydrogens (tertiary/aromatic N) is 2. The van der Waals surface area contributed by atoms with E-state index in [1.807, 2.05) is 12.1 Å². The molecule has 4 nitrogen and oxygen atoms in total. The molecule has 2 aliphatic rings. The van der Waals surface area contributed by atoms with Crippen molar-refractivity contribution in [3.8, 4) is 5.75 Å². The second kappa shape index (κ2) is 5.95. The van der Waals surface area contributed by atoms with Gasteiger partial charge in [0.15, 0.2) is 0 Å². The van der Waals surface area contributed by atoms with E-state index in [0.717, 1.165) is 25.4 Å². The molecule has 2 unspecified atom stereocenters. The average molecular weight is 290 g/mol. The minimum Gasteiger partial charge on any atom is -0.497 e. The first kappa shape index (κ1) is 14.8. The van der Waals surface area contributed by atoms with Crippen molar-refractivity contribution in [3.63, 3.8) is 0 Å². The number of aliphatic hydroxyl groups excluding tert-OH is 1. The summed E-state index contributed by atoms with van der Waals surface area (Å²) < 4.78 is 5.21. The van der Waals surface area contributed by atoms with Crippen molar-refractivity contribution in [3.05, 3.63) is 29.8 Å². The van der Waals surface area contributed by atoms with Crippen LogP contribution in [0.4, 0.5) is 0 Å². The minimum absolute atomic E-state index is 0.239. The molecule has 2 saturated heterocycles. The molecule has 2 heterocycles. The SMILES string of the molecule is COc1ccc(CN2CC3(C)CCCN3CC2CO)cc1. The van der Waals surface area contributed by atoms with Crippen molar-refractivity contribution in [2.75, 3.05) is 33.4 Å². The van der Waals surface area contributed by atoms with Crippen molar-refractivity contribution in [1.82, 2.24) is 9.80 Å². The molecule has 0 saturated carbocycles. The number of hydrogen-bond donors (Lipinski definition) is 1. The zero-order valence-corrected chi connectivity index (χ0v) is 13.1. The van der Waals surface area contributed by atoms with Gasteiger partial charge in [0.05, 0.1) is 13.7 Å². The summed E-state index contributed by atoms with van der Waals surface area (Å²) >= 11 is 0. The third kappa shape index (κ3) is 2.93. The van der Waals surface area contributed by atoms with Crippen molar-refractivity contribution in [1.29, 1.82) is 0 Å². The summed E-state index contributed by atoms with van der Waals surface area (Å²) in [6, 6.07) is 8.51. The number of ether oxygens (including phenoxy) is 1. The van der Waals surface area contributed by atoms with Gasteiger partial charge in [0.2, 0.25) is 0 Å². The van der Waals surface area contributed by atoms with Crippen LogP contribution < -0.4 is 4.74 Å². The van der Waals surface area contributed by atoms with Gasteiger partial charge in [-0.25, -0.2) is 0 Å². The highest BCUT2D eigenvalue weighted by Gasteiger charge is 2.44. The smallest absolute Gasteiger partial charge is 0.118 e. The molecule has 0 bridgehead atoms. The Morgan fingerprint density at radius 1 is 1.33 bits per heavy atom. The normalized spacial score (nSPS) is 30.3. The van der Waals surface area contributed by atoms with Gasteiger partial charge in [-0.3, -0.25) is 9.80 Å². The maximum atomic E-state index is 9.74. The largest absolute Gasteiger partial charge is 0.497 e. The van der Waals surface area contributed by atoms with Crippen LogP contribution in [0.15, 0.2) is 24.3 Å². The lowest BCUT2D eigenvalue weighted by atomic mass is 9.93. The molecule has 0 aromatic heterocycles. The number of hydrogen-bond acceptors (Lipinski definition) is 4. The van der Waals surface area contributed by atoms with Crippen LogP contribution in [0.25, 0.3) is 0 Å². The van der Waals surface area contributed by atoms with Gasteiger partial charge in [0.1, 0.15) is 5.75 Å². The van der Waals surface area contributed by atoms with Gasteiger partial charge in [-0.2, -0.15) is 0 Å². The Morgan fingerprint density at radius 3 is 2.76 bits per heavy atom. The zero-order chi connectivity index (χ0) is 14.9. The van der Waals surface area contributed by atoms with E-state index in [2.05, 4.69) is 28.9 Å². The second-order valence-corrected chi connectivity index (χ2v) is 6.64. The predicted molar refractivity (Wildman–Crippen MR) is 83.5 cm³/mol. The van der Waals surface area contributed by atoms with E-state index >= 15 is 0 Å². The Hall–Kier alpha value is -1.10. The first-order valence-electron chi connectivity index (χ1n) is 7.87.